The van der Waals surface area contributed by atoms with E-state index in [2.05, 4.69) is 21.8 Å². The summed E-state index contributed by atoms with van der Waals surface area (Å²) in [6.07, 6.45) is 3.50. The molecule has 6 heteroatoms. The Labute approximate surface area is 128 Å². The van der Waals surface area contributed by atoms with Crippen LogP contribution in [-0.2, 0) is 0 Å². The summed E-state index contributed by atoms with van der Waals surface area (Å²) >= 11 is 1.49. The number of amides is 1. The van der Waals surface area contributed by atoms with Crippen molar-refractivity contribution in [1.82, 2.24) is 19.8 Å². The van der Waals surface area contributed by atoms with Crippen LogP contribution in [0.15, 0.2) is 29.9 Å². The van der Waals surface area contributed by atoms with E-state index in [-0.39, 0.29) is 5.91 Å². The van der Waals surface area contributed by atoms with Crippen molar-refractivity contribution >= 4 is 17.2 Å². The van der Waals surface area contributed by atoms with Crippen LogP contribution in [0.2, 0.25) is 0 Å². The molecule has 3 heterocycles. The molecule has 1 fully saturated rings. The van der Waals surface area contributed by atoms with Crippen LogP contribution in [0.4, 0.5) is 0 Å². The van der Waals surface area contributed by atoms with E-state index >= 15 is 0 Å². The number of aromatic nitrogens is 2. The van der Waals surface area contributed by atoms with Crippen LogP contribution < -0.4 is 0 Å². The summed E-state index contributed by atoms with van der Waals surface area (Å²) in [6.45, 7) is 6.66. The first-order valence-electron chi connectivity index (χ1n) is 7.15. The number of carbonyl (C=O) groups is 1. The van der Waals surface area contributed by atoms with Gasteiger partial charge in [-0.25, -0.2) is 4.98 Å². The Hall–Kier alpha value is -1.79. The number of hydrogen-bond acceptors (Lipinski definition) is 5. The molecule has 0 atom stereocenters. The fourth-order valence-electron chi connectivity index (χ4n) is 2.42. The minimum absolute atomic E-state index is 0.0390. The Morgan fingerprint density at radius 1 is 1.33 bits per heavy atom. The van der Waals surface area contributed by atoms with Crippen molar-refractivity contribution in [2.24, 2.45) is 0 Å². The lowest BCUT2D eigenvalue weighted by Gasteiger charge is -2.33. The average molecular weight is 302 g/mol. The van der Waals surface area contributed by atoms with Crippen molar-refractivity contribution in [3.63, 3.8) is 0 Å². The van der Waals surface area contributed by atoms with Crippen LogP contribution in [-0.4, -0.2) is 58.4 Å². The third-order valence-electron chi connectivity index (χ3n) is 3.74. The molecular formula is C15H18N4OS. The standard InChI is InChI=1S/C15H18N4OS/c1-2-18-6-8-19(9-7-18)15(20)13-11-21-14(17-13)12-4-3-5-16-10-12/h3-5,10-11H,2,6-9H2,1H3. The van der Waals surface area contributed by atoms with Crippen molar-refractivity contribution in [2.75, 3.05) is 32.7 Å². The van der Waals surface area contributed by atoms with Crippen molar-refractivity contribution in [3.05, 3.63) is 35.6 Å². The average Bonchev–Trinajstić information content (AvgIpc) is 3.05. The normalized spacial score (nSPS) is 16.1. The molecule has 2 aromatic heterocycles. The van der Waals surface area contributed by atoms with E-state index in [1.807, 2.05) is 22.4 Å². The number of carbonyl (C=O) groups excluding carboxylic acids is 1. The largest absolute Gasteiger partial charge is 0.335 e. The quantitative estimate of drug-likeness (QED) is 0.870. The number of hydrogen-bond donors (Lipinski definition) is 0. The second-order valence-corrected chi connectivity index (χ2v) is 5.86. The highest BCUT2D eigenvalue weighted by Crippen LogP contribution is 2.23. The summed E-state index contributed by atoms with van der Waals surface area (Å²) in [4.78, 5) is 25.3. The zero-order valence-corrected chi connectivity index (χ0v) is 12.8. The molecule has 0 bridgehead atoms. The van der Waals surface area contributed by atoms with Crippen molar-refractivity contribution in [2.45, 2.75) is 6.92 Å². The molecule has 21 heavy (non-hydrogen) atoms. The third kappa shape index (κ3) is 3.11. The van der Waals surface area contributed by atoms with Gasteiger partial charge in [-0.15, -0.1) is 11.3 Å². The number of nitrogens with zero attached hydrogens (tertiary/aromatic N) is 4. The maximum absolute atomic E-state index is 12.5. The van der Waals surface area contributed by atoms with Gasteiger partial charge in [0.15, 0.2) is 0 Å². The van der Waals surface area contributed by atoms with Gasteiger partial charge in [-0.3, -0.25) is 9.78 Å². The van der Waals surface area contributed by atoms with Gasteiger partial charge in [-0.05, 0) is 18.7 Å². The topological polar surface area (TPSA) is 49.3 Å². The Kier molecular flexibility index (Phi) is 4.26. The van der Waals surface area contributed by atoms with Gasteiger partial charge >= 0.3 is 0 Å². The minimum atomic E-state index is 0.0390. The highest BCUT2D eigenvalue weighted by molar-refractivity contribution is 7.13. The van der Waals surface area contributed by atoms with Crippen LogP contribution in [0.3, 0.4) is 0 Å². The molecule has 0 aromatic carbocycles. The zero-order chi connectivity index (χ0) is 14.7. The van der Waals surface area contributed by atoms with E-state index in [0.29, 0.717) is 5.69 Å². The Bertz CT molecular complexity index is 605. The molecule has 2 aromatic rings. The van der Waals surface area contributed by atoms with E-state index in [0.717, 1.165) is 43.3 Å². The highest BCUT2D eigenvalue weighted by atomic mass is 32.1. The number of likely N-dealkylation sites (N-methyl/N-ethyl adjacent to an activating group) is 1. The molecule has 1 saturated heterocycles. The second-order valence-electron chi connectivity index (χ2n) is 5.01. The molecule has 0 N–H and O–H groups in total. The number of rotatable bonds is 3. The lowest BCUT2D eigenvalue weighted by molar-refractivity contribution is 0.0638. The predicted octanol–water partition coefficient (Wildman–Crippen LogP) is 1.98. The van der Waals surface area contributed by atoms with Gasteiger partial charge in [-0.1, -0.05) is 6.92 Å². The fourth-order valence-corrected chi connectivity index (χ4v) is 3.21. The molecule has 110 valence electrons. The summed E-state index contributed by atoms with van der Waals surface area (Å²) in [7, 11) is 0. The molecule has 1 amide bonds. The number of thiazole rings is 1. The van der Waals surface area contributed by atoms with Crippen LogP contribution in [0.25, 0.3) is 10.6 Å². The number of pyridine rings is 1. The summed E-state index contributed by atoms with van der Waals surface area (Å²) in [5.74, 6) is 0.0390. The van der Waals surface area contributed by atoms with Gasteiger partial charge in [0.2, 0.25) is 0 Å². The smallest absolute Gasteiger partial charge is 0.273 e. The minimum Gasteiger partial charge on any atom is -0.335 e. The highest BCUT2D eigenvalue weighted by Gasteiger charge is 2.23. The summed E-state index contributed by atoms with van der Waals surface area (Å²) < 4.78 is 0. The molecule has 0 saturated carbocycles. The summed E-state index contributed by atoms with van der Waals surface area (Å²) in [6, 6.07) is 3.84. The lowest BCUT2D eigenvalue weighted by atomic mass is 10.3. The Balaban J connectivity index is 1.70. The monoisotopic (exact) mass is 302 g/mol. The van der Waals surface area contributed by atoms with Gasteiger partial charge < -0.3 is 9.80 Å². The molecule has 0 unspecified atom stereocenters. The molecule has 1 aliphatic heterocycles. The van der Waals surface area contributed by atoms with Crippen molar-refractivity contribution < 1.29 is 4.79 Å². The van der Waals surface area contributed by atoms with Crippen LogP contribution in [0, 0.1) is 0 Å². The fraction of sp³-hybridized carbons (Fsp3) is 0.400. The molecule has 3 rings (SSSR count). The van der Waals surface area contributed by atoms with Crippen LogP contribution >= 0.6 is 11.3 Å². The predicted molar refractivity (Wildman–Crippen MR) is 83.4 cm³/mol. The summed E-state index contributed by atoms with van der Waals surface area (Å²) in [5.41, 5.74) is 1.50. The van der Waals surface area contributed by atoms with Crippen molar-refractivity contribution in [1.29, 1.82) is 0 Å². The first-order valence-corrected chi connectivity index (χ1v) is 8.03. The second kappa shape index (κ2) is 6.32. The summed E-state index contributed by atoms with van der Waals surface area (Å²) in [5, 5.41) is 2.69. The first-order chi connectivity index (χ1) is 10.3. The maximum Gasteiger partial charge on any atom is 0.273 e. The number of piperazine rings is 1. The third-order valence-corrected chi connectivity index (χ3v) is 4.63. The van der Waals surface area contributed by atoms with Crippen molar-refractivity contribution in [3.8, 4) is 10.6 Å². The molecule has 1 aliphatic rings. The van der Waals surface area contributed by atoms with Gasteiger partial charge in [0.25, 0.3) is 5.91 Å². The molecule has 0 aliphatic carbocycles. The van der Waals surface area contributed by atoms with E-state index in [1.54, 1.807) is 12.4 Å². The molecule has 5 nitrogen and oxygen atoms in total. The molecule has 0 spiro atoms. The molecular weight excluding hydrogens is 284 g/mol. The Morgan fingerprint density at radius 3 is 2.81 bits per heavy atom. The maximum atomic E-state index is 12.5. The SMILES string of the molecule is CCN1CCN(C(=O)c2csc(-c3cccnc3)n2)CC1. The van der Waals surface area contributed by atoms with E-state index in [4.69, 9.17) is 0 Å². The van der Waals surface area contributed by atoms with Gasteiger partial charge in [0, 0.05) is 49.5 Å². The first kappa shape index (κ1) is 14.2. The van der Waals surface area contributed by atoms with E-state index < -0.39 is 0 Å². The van der Waals surface area contributed by atoms with Crippen LogP contribution in [0.1, 0.15) is 17.4 Å². The molecule has 0 radical (unpaired) electrons. The zero-order valence-electron chi connectivity index (χ0n) is 12.0. The van der Waals surface area contributed by atoms with Gasteiger partial charge in [-0.2, -0.15) is 0 Å². The van der Waals surface area contributed by atoms with E-state index in [1.165, 1.54) is 11.3 Å². The Morgan fingerprint density at radius 2 is 2.14 bits per heavy atom. The lowest BCUT2D eigenvalue weighted by Crippen LogP contribution is -2.48. The van der Waals surface area contributed by atoms with Gasteiger partial charge in [0.1, 0.15) is 10.7 Å². The van der Waals surface area contributed by atoms with Gasteiger partial charge in [0.05, 0.1) is 0 Å². The van der Waals surface area contributed by atoms with E-state index in [9.17, 15) is 4.79 Å². The van der Waals surface area contributed by atoms with Crippen LogP contribution in [0.5, 0.6) is 0 Å².